The number of esters is 1. The second-order valence-electron chi connectivity index (χ2n) is 5.88. The van der Waals surface area contributed by atoms with Crippen LogP contribution in [0, 0.1) is 0 Å². The molecule has 0 aromatic heterocycles. The SMILES string of the molecule is COC(=O)C(Cc1ccc(Br)cc1OC)NC(=O)OC(C)(C)C. The van der Waals surface area contributed by atoms with Crippen molar-refractivity contribution in [2.75, 3.05) is 14.2 Å². The van der Waals surface area contributed by atoms with Gasteiger partial charge in [0.2, 0.25) is 0 Å². The molecule has 0 radical (unpaired) electrons. The number of carbonyl (C=O) groups is 2. The standard InChI is InChI=1S/C16H22BrNO5/c1-16(2,3)23-15(20)18-12(14(19)22-5)8-10-6-7-11(17)9-13(10)21-4/h6-7,9,12H,8H2,1-5H3,(H,18,20). The first kappa shape index (κ1) is 19.3. The fraction of sp³-hybridized carbons (Fsp3) is 0.500. The molecule has 1 aromatic carbocycles. The molecule has 1 unspecified atom stereocenters. The normalized spacial score (nSPS) is 12.3. The molecule has 0 fully saturated rings. The number of alkyl carbamates (subject to hydrolysis) is 1. The summed E-state index contributed by atoms with van der Waals surface area (Å²) < 4.78 is 16.1. The lowest BCUT2D eigenvalue weighted by molar-refractivity contribution is -0.143. The van der Waals surface area contributed by atoms with E-state index in [-0.39, 0.29) is 6.42 Å². The van der Waals surface area contributed by atoms with E-state index >= 15 is 0 Å². The summed E-state index contributed by atoms with van der Waals surface area (Å²) in [5.41, 5.74) is 0.113. The highest BCUT2D eigenvalue weighted by Gasteiger charge is 2.26. The molecule has 1 aromatic rings. The molecule has 0 aliphatic rings. The fourth-order valence-corrected chi connectivity index (χ4v) is 2.23. The lowest BCUT2D eigenvalue weighted by atomic mass is 10.0. The summed E-state index contributed by atoms with van der Waals surface area (Å²) in [4.78, 5) is 23.8. The van der Waals surface area contributed by atoms with Crippen LogP contribution in [0.25, 0.3) is 0 Å². The molecule has 0 aliphatic carbocycles. The Hall–Kier alpha value is -1.76. The predicted molar refractivity (Wildman–Crippen MR) is 89.6 cm³/mol. The molecule has 23 heavy (non-hydrogen) atoms. The molecule has 0 spiro atoms. The van der Waals surface area contributed by atoms with Crippen LogP contribution in [0.4, 0.5) is 4.79 Å². The van der Waals surface area contributed by atoms with Gasteiger partial charge in [-0.3, -0.25) is 0 Å². The quantitative estimate of drug-likeness (QED) is 0.785. The van der Waals surface area contributed by atoms with Gasteiger partial charge in [0, 0.05) is 10.9 Å². The summed E-state index contributed by atoms with van der Waals surface area (Å²) in [5.74, 6) is 0.0556. The van der Waals surface area contributed by atoms with Gasteiger partial charge in [0.1, 0.15) is 17.4 Å². The summed E-state index contributed by atoms with van der Waals surface area (Å²) in [6.45, 7) is 5.24. The van der Waals surface area contributed by atoms with Gasteiger partial charge in [-0.1, -0.05) is 22.0 Å². The maximum absolute atomic E-state index is 11.9. The number of rotatable bonds is 5. The Morgan fingerprint density at radius 3 is 2.43 bits per heavy atom. The third-order valence-corrected chi connectivity index (χ3v) is 3.34. The molecule has 6 nitrogen and oxygen atoms in total. The first-order valence-electron chi connectivity index (χ1n) is 7.06. The highest BCUT2D eigenvalue weighted by molar-refractivity contribution is 9.10. The summed E-state index contributed by atoms with van der Waals surface area (Å²) in [6.07, 6.45) is -0.452. The summed E-state index contributed by atoms with van der Waals surface area (Å²) in [7, 11) is 2.81. The van der Waals surface area contributed by atoms with Gasteiger partial charge in [-0.05, 0) is 38.5 Å². The van der Waals surface area contributed by atoms with E-state index in [4.69, 9.17) is 14.2 Å². The average molecular weight is 388 g/mol. The second-order valence-corrected chi connectivity index (χ2v) is 6.80. The highest BCUT2D eigenvalue weighted by atomic mass is 79.9. The van der Waals surface area contributed by atoms with Crippen molar-refractivity contribution in [1.29, 1.82) is 0 Å². The molecular weight excluding hydrogens is 366 g/mol. The maximum atomic E-state index is 11.9. The third-order valence-electron chi connectivity index (χ3n) is 2.85. The van der Waals surface area contributed by atoms with Crippen molar-refractivity contribution >= 4 is 28.0 Å². The minimum atomic E-state index is -0.870. The van der Waals surface area contributed by atoms with Crippen LogP contribution in [0.3, 0.4) is 0 Å². The molecule has 1 amide bonds. The summed E-state index contributed by atoms with van der Waals surface area (Å²) in [6, 6.07) is 4.57. The molecule has 0 heterocycles. The van der Waals surface area contributed by atoms with Crippen LogP contribution in [0.15, 0.2) is 22.7 Å². The van der Waals surface area contributed by atoms with Gasteiger partial charge < -0.3 is 19.5 Å². The van der Waals surface area contributed by atoms with Crippen molar-refractivity contribution in [3.05, 3.63) is 28.2 Å². The van der Waals surface area contributed by atoms with Crippen molar-refractivity contribution in [3.63, 3.8) is 0 Å². The Kier molecular flexibility index (Phi) is 6.87. The Balaban J connectivity index is 2.92. The molecule has 7 heteroatoms. The molecule has 0 saturated carbocycles. The van der Waals surface area contributed by atoms with Crippen LogP contribution in [0.5, 0.6) is 5.75 Å². The van der Waals surface area contributed by atoms with Crippen LogP contribution in [-0.4, -0.2) is 37.9 Å². The molecule has 0 saturated heterocycles. The lowest BCUT2D eigenvalue weighted by Crippen LogP contribution is -2.45. The summed E-state index contributed by atoms with van der Waals surface area (Å²) in [5, 5.41) is 2.54. The second kappa shape index (κ2) is 8.19. The van der Waals surface area contributed by atoms with E-state index in [9.17, 15) is 9.59 Å². The molecule has 0 aliphatic heterocycles. The minimum absolute atomic E-state index is 0.225. The van der Waals surface area contributed by atoms with E-state index in [0.717, 1.165) is 10.0 Å². The number of nitrogens with one attached hydrogen (secondary N) is 1. The molecular formula is C16H22BrNO5. The van der Waals surface area contributed by atoms with Gasteiger partial charge in [0.25, 0.3) is 0 Å². The van der Waals surface area contributed by atoms with Crippen LogP contribution in [0.2, 0.25) is 0 Å². The Morgan fingerprint density at radius 1 is 1.26 bits per heavy atom. The molecule has 128 valence electrons. The van der Waals surface area contributed by atoms with Gasteiger partial charge in [0.15, 0.2) is 0 Å². The van der Waals surface area contributed by atoms with Gasteiger partial charge in [-0.25, -0.2) is 9.59 Å². The van der Waals surface area contributed by atoms with E-state index < -0.39 is 23.7 Å². The molecule has 1 N–H and O–H groups in total. The van der Waals surface area contributed by atoms with Crippen LogP contribution in [-0.2, 0) is 20.7 Å². The minimum Gasteiger partial charge on any atom is -0.496 e. The zero-order valence-corrected chi connectivity index (χ0v) is 15.5. The van der Waals surface area contributed by atoms with Gasteiger partial charge in [0.05, 0.1) is 14.2 Å². The number of methoxy groups -OCH3 is 2. The molecule has 0 bridgehead atoms. The Bertz CT molecular complexity index is 568. The number of benzene rings is 1. The van der Waals surface area contributed by atoms with Crippen LogP contribution < -0.4 is 10.1 Å². The van der Waals surface area contributed by atoms with Gasteiger partial charge in [-0.15, -0.1) is 0 Å². The maximum Gasteiger partial charge on any atom is 0.408 e. The van der Waals surface area contributed by atoms with Crippen LogP contribution in [0.1, 0.15) is 26.3 Å². The highest BCUT2D eigenvalue weighted by Crippen LogP contribution is 2.25. The molecule has 1 atom stereocenters. The molecule has 1 rings (SSSR count). The van der Waals surface area contributed by atoms with E-state index in [1.54, 1.807) is 33.9 Å². The van der Waals surface area contributed by atoms with E-state index in [1.165, 1.54) is 7.11 Å². The predicted octanol–water partition coefficient (Wildman–Crippen LogP) is 3.07. The zero-order chi connectivity index (χ0) is 17.6. The fourth-order valence-electron chi connectivity index (χ4n) is 1.89. The smallest absolute Gasteiger partial charge is 0.408 e. The lowest BCUT2D eigenvalue weighted by Gasteiger charge is -2.23. The first-order valence-corrected chi connectivity index (χ1v) is 7.85. The van der Waals surface area contributed by atoms with Crippen molar-refractivity contribution in [1.82, 2.24) is 5.32 Å². The van der Waals surface area contributed by atoms with Gasteiger partial charge in [-0.2, -0.15) is 0 Å². The average Bonchev–Trinajstić information content (AvgIpc) is 2.45. The van der Waals surface area contributed by atoms with Gasteiger partial charge >= 0.3 is 12.1 Å². The largest absolute Gasteiger partial charge is 0.496 e. The number of halogens is 1. The van der Waals surface area contributed by atoms with E-state index in [0.29, 0.717) is 5.75 Å². The number of amides is 1. The third kappa shape index (κ3) is 6.48. The zero-order valence-electron chi connectivity index (χ0n) is 13.9. The number of ether oxygens (including phenoxy) is 3. The van der Waals surface area contributed by atoms with E-state index in [1.807, 2.05) is 12.1 Å². The van der Waals surface area contributed by atoms with Crippen LogP contribution >= 0.6 is 15.9 Å². The van der Waals surface area contributed by atoms with Crippen molar-refractivity contribution in [3.8, 4) is 5.75 Å². The topological polar surface area (TPSA) is 73.9 Å². The van der Waals surface area contributed by atoms with Crippen molar-refractivity contribution in [2.24, 2.45) is 0 Å². The Morgan fingerprint density at radius 2 is 1.91 bits per heavy atom. The summed E-state index contributed by atoms with van der Waals surface area (Å²) >= 11 is 3.36. The number of hydrogen-bond donors (Lipinski definition) is 1. The van der Waals surface area contributed by atoms with Crippen molar-refractivity contribution in [2.45, 2.75) is 38.8 Å². The number of carbonyl (C=O) groups excluding carboxylic acids is 2. The monoisotopic (exact) mass is 387 g/mol. The first-order chi connectivity index (χ1) is 10.7. The number of hydrogen-bond acceptors (Lipinski definition) is 5. The van der Waals surface area contributed by atoms with E-state index in [2.05, 4.69) is 21.2 Å². The van der Waals surface area contributed by atoms with Crippen molar-refractivity contribution < 1.29 is 23.8 Å². The Labute approximate surface area is 144 Å².